The summed E-state index contributed by atoms with van der Waals surface area (Å²) in [6, 6.07) is 0.233. The van der Waals surface area contributed by atoms with E-state index in [1.165, 1.54) is 0 Å². The molecular weight excluding hydrogens is 202 g/mol. The molecule has 3 nitrogen and oxygen atoms in total. The molecule has 0 spiro atoms. The van der Waals surface area contributed by atoms with Gasteiger partial charge in [0.05, 0.1) is 19.1 Å². The van der Waals surface area contributed by atoms with E-state index in [1.54, 1.807) is 0 Å². The SMILES string of the molecule is C=CCCCC(=O)C1COCC1NCCC. The van der Waals surface area contributed by atoms with Crippen LogP contribution in [0.4, 0.5) is 0 Å². The average molecular weight is 225 g/mol. The molecule has 1 N–H and O–H groups in total. The largest absolute Gasteiger partial charge is 0.379 e. The van der Waals surface area contributed by atoms with Crippen LogP contribution < -0.4 is 5.32 Å². The zero-order valence-electron chi connectivity index (χ0n) is 10.2. The number of carbonyl (C=O) groups is 1. The summed E-state index contributed by atoms with van der Waals surface area (Å²) in [5.41, 5.74) is 0. The predicted octanol–water partition coefficient (Wildman–Crippen LogP) is 1.93. The molecule has 0 aromatic heterocycles. The predicted molar refractivity (Wildman–Crippen MR) is 65.4 cm³/mol. The Morgan fingerprint density at radius 1 is 1.56 bits per heavy atom. The van der Waals surface area contributed by atoms with Crippen molar-refractivity contribution in [1.82, 2.24) is 5.32 Å². The smallest absolute Gasteiger partial charge is 0.139 e. The van der Waals surface area contributed by atoms with Crippen molar-refractivity contribution in [3.63, 3.8) is 0 Å². The van der Waals surface area contributed by atoms with Crippen LogP contribution >= 0.6 is 0 Å². The first-order chi connectivity index (χ1) is 7.79. The molecule has 0 aromatic rings. The Kier molecular flexibility index (Phi) is 6.34. The summed E-state index contributed by atoms with van der Waals surface area (Å²) in [5.74, 6) is 0.407. The Hall–Kier alpha value is -0.670. The molecular formula is C13H23NO2. The minimum absolute atomic E-state index is 0.0661. The lowest BCUT2D eigenvalue weighted by Gasteiger charge is -2.17. The van der Waals surface area contributed by atoms with E-state index in [1.807, 2.05) is 6.08 Å². The van der Waals surface area contributed by atoms with Crippen LogP contribution in [0.3, 0.4) is 0 Å². The van der Waals surface area contributed by atoms with Crippen LogP contribution in [0.1, 0.15) is 32.6 Å². The second kappa shape index (κ2) is 7.58. The first-order valence-electron chi connectivity index (χ1n) is 6.24. The molecule has 2 unspecified atom stereocenters. The number of ketones is 1. The first kappa shape index (κ1) is 13.4. The second-order valence-electron chi connectivity index (χ2n) is 4.35. The van der Waals surface area contributed by atoms with Crippen molar-refractivity contribution in [3.8, 4) is 0 Å². The number of hydrogen-bond acceptors (Lipinski definition) is 3. The number of allylic oxidation sites excluding steroid dienone is 1. The zero-order valence-corrected chi connectivity index (χ0v) is 10.2. The lowest BCUT2D eigenvalue weighted by atomic mass is 9.95. The number of nitrogens with one attached hydrogen (secondary N) is 1. The van der Waals surface area contributed by atoms with Crippen LogP contribution in [-0.2, 0) is 9.53 Å². The van der Waals surface area contributed by atoms with Gasteiger partial charge in [0.1, 0.15) is 5.78 Å². The Bertz CT molecular complexity index is 228. The Balaban J connectivity index is 2.32. The highest BCUT2D eigenvalue weighted by Gasteiger charge is 2.32. The molecule has 0 aliphatic carbocycles. The van der Waals surface area contributed by atoms with Crippen LogP contribution in [0.5, 0.6) is 0 Å². The van der Waals surface area contributed by atoms with Gasteiger partial charge in [-0.3, -0.25) is 4.79 Å². The summed E-state index contributed by atoms with van der Waals surface area (Å²) in [4.78, 5) is 11.9. The van der Waals surface area contributed by atoms with Crippen molar-refractivity contribution < 1.29 is 9.53 Å². The number of unbranched alkanes of at least 4 members (excludes halogenated alkanes) is 1. The summed E-state index contributed by atoms with van der Waals surface area (Å²) >= 11 is 0. The molecule has 0 saturated carbocycles. The molecule has 0 radical (unpaired) electrons. The molecule has 92 valence electrons. The molecule has 1 heterocycles. The van der Waals surface area contributed by atoms with Gasteiger partial charge in [-0.15, -0.1) is 6.58 Å². The summed E-state index contributed by atoms with van der Waals surface area (Å²) in [6.45, 7) is 8.02. The van der Waals surface area contributed by atoms with Gasteiger partial charge in [-0.25, -0.2) is 0 Å². The van der Waals surface area contributed by atoms with Gasteiger partial charge in [-0.2, -0.15) is 0 Å². The molecule has 0 amide bonds. The summed E-state index contributed by atoms with van der Waals surface area (Å²) in [6.07, 6.45) is 5.45. The third-order valence-electron chi connectivity index (χ3n) is 2.98. The highest BCUT2D eigenvalue weighted by atomic mass is 16.5. The molecule has 3 heteroatoms. The third-order valence-corrected chi connectivity index (χ3v) is 2.98. The number of Topliss-reactive ketones (excluding diaryl/α,β-unsaturated/α-hetero) is 1. The van der Waals surface area contributed by atoms with Gasteiger partial charge in [-0.1, -0.05) is 13.0 Å². The first-order valence-corrected chi connectivity index (χ1v) is 6.24. The summed E-state index contributed by atoms with van der Waals surface area (Å²) in [5, 5.41) is 3.39. The molecule has 2 atom stereocenters. The van der Waals surface area contributed by atoms with Gasteiger partial charge < -0.3 is 10.1 Å². The molecule has 0 aromatic carbocycles. The maximum atomic E-state index is 11.9. The van der Waals surface area contributed by atoms with Crippen LogP contribution in [0.15, 0.2) is 12.7 Å². The Morgan fingerprint density at radius 2 is 2.38 bits per heavy atom. The molecule has 1 fully saturated rings. The minimum atomic E-state index is 0.0661. The normalized spacial score (nSPS) is 24.6. The van der Waals surface area contributed by atoms with Crippen molar-refractivity contribution >= 4 is 5.78 Å². The quantitative estimate of drug-likeness (QED) is 0.506. The second-order valence-corrected chi connectivity index (χ2v) is 4.35. The summed E-state index contributed by atoms with van der Waals surface area (Å²) in [7, 11) is 0. The topological polar surface area (TPSA) is 38.3 Å². The zero-order chi connectivity index (χ0) is 11.8. The van der Waals surface area contributed by atoms with Gasteiger partial charge in [0.25, 0.3) is 0 Å². The van der Waals surface area contributed by atoms with Crippen LogP contribution in [-0.4, -0.2) is 31.6 Å². The Morgan fingerprint density at radius 3 is 3.06 bits per heavy atom. The van der Waals surface area contributed by atoms with Crippen molar-refractivity contribution in [1.29, 1.82) is 0 Å². The maximum absolute atomic E-state index is 11.9. The lowest BCUT2D eigenvalue weighted by molar-refractivity contribution is -0.123. The average Bonchev–Trinajstić information content (AvgIpc) is 2.74. The van der Waals surface area contributed by atoms with Gasteiger partial charge in [0, 0.05) is 12.5 Å². The highest BCUT2D eigenvalue weighted by molar-refractivity contribution is 5.82. The number of rotatable bonds is 8. The van der Waals surface area contributed by atoms with Crippen molar-refractivity contribution in [2.45, 2.75) is 38.6 Å². The van der Waals surface area contributed by atoms with Gasteiger partial charge >= 0.3 is 0 Å². The van der Waals surface area contributed by atoms with E-state index in [0.29, 0.717) is 25.4 Å². The molecule has 1 rings (SSSR count). The van der Waals surface area contributed by atoms with E-state index < -0.39 is 0 Å². The maximum Gasteiger partial charge on any atom is 0.139 e. The fraction of sp³-hybridized carbons (Fsp3) is 0.769. The Labute approximate surface area is 98.2 Å². The molecule has 1 aliphatic rings. The minimum Gasteiger partial charge on any atom is -0.379 e. The van der Waals surface area contributed by atoms with Crippen molar-refractivity contribution in [2.24, 2.45) is 5.92 Å². The fourth-order valence-corrected chi connectivity index (χ4v) is 2.01. The summed E-state index contributed by atoms with van der Waals surface area (Å²) < 4.78 is 5.39. The van der Waals surface area contributed by atoms with Crippen LogP contribution in [0, 0.1) is 5.92 Å². The molecule has 1 aliphatic heterocycles. The van der Waals surface area contributed by atoms with Crippen LogP contribution in [0.2, 0.25) is 0 Å². The van der Waals surface area contributed by atoms with E-state index in [4.69, 9.17) is 4.74 Å². The van der Waals surface area contributed by atoms with Crippen molar-refractivity contribution in [2.75, 3.05) is 19.8 Å². The van der Waals surface area contributed by atoms with Crippen molar-refractivity contribution in [3.05, 3.63) is 12.7 Å². The third kappa shape index (κ3) is 4.06. The standard InChI is InChI=1S/C13H23NO2/c1-3-5-6-7-13(15)11-9-16-10-12(11)14-8-4-2/h3,11-12,14H,1,4-10H2,2H3. The number of hydrogen-bond donors (Lipinski definition) is 1. The van der Waals surface area contributed by atoms with Gasteiger partial charge in [0.2, 0.25) is 0 Å². The van der Waals surface area contributed by atoms with E-state index in [-0.39, 0.29) is 12.0 Å². The van der Waals surface area contributed by atoms with E-state index >= 15 is 0 Å². The molecule has 1 saturated heterocycles. The fourth-order valence-electron chi connectivity index (χ4n) is 2.01. The highest BCUT2D eigenvalue weighted by Crippen LogP contribution is 2.17. The lowest BCUT2D eigenvalue weighted by Crippen LogP contribution is -2.39. The monoisotopic (exact) mass is 225 g/mol. The molecule has 16 heavy (non-hydrogen) atoms. The number of ether oxygens (including phenoxy) is 1. The van der Waals surface area contributed by atoms with Crippen LogP contribution in [0.25, 0.3) is 0 Å². The van der Waals surface area contributed by atoms with Gasteiger partial charge in [0.15, 0.2) is 0 Å². The van der Waals surface area contributed by atoms with E-state index in [2.05, 4.69) is 18.8 Å². The van der Waals surface area contributed by atoms with Gasteiger partial charge in [-0.05, 0) is 25.8 Å². The number of carbonyl (C=O) groups excluding carboxylic acids is 1. The van der Waals surface area contributed by atoms with E-state index in [9.17, 15) is 4.79 Å². The molecule has 0 bridgehead atoms. The van der Waals surface area contributed by atoms with E-state index in [0.717, 1.165) is 25.8 Å².